The van der Waals surface area contributed by atoms with Crippen molar-refractivity contribution in [2.75, 3.05) is 0 Å². The molecule has 0 saturated heterocycles. The largest absolute Gasteiger partial charge is 0.307 e. The maximum Gasteiger partial charge on any atom is 0.0803 e. The second-order valence-corrected chi connectivity index (χ2v) is 11.8. The molecule has 0 fully saturated rings. The molecule has 0 unspecified atom stereocenters. The summed E-state index contributed by atoms with van der Waals surface area (Å²) in [4.78, 5) is 0. The van der Waals surface area contributed by atoms with Gasteiger partial charge in [0.1, 0.15) is 0 Å². The molecule has 10 rings (SSSR count). The average Bonchev–Trinajstić information content (AvgIpc) is 3.92. The van der Waals surface area contributed by atoms with Gasteiger partial charge in [0.2, 0.25) is 0 Å². The van der Waals surface area contributed by atoms with Gasteiger partial charge in [-0.25, -0.2) is 0 Å². The van der Waals surface area contributed by atoms with Crippen LogP contribution in [0.5, 0.6) is 0 Å². The van der Waals surface area contributed by atoms with E-state index in [0.29, 0.717) is 43.3 Å². The van der Waals surface area contributed by atoms with Gasteiger partial charge in [-0.3, -0.25) is 0 Å². The Balaban J connectivity index is 1.61. The first kappa shape index (κ1) is 15.9. The molecule has 0 atom stereocenters. The summed E-state index contributed by atoms with van der Waals surface area (Å²) in [7, 11) is 0. The number of fused-ring (bicyclic) bond motifs is 12. The molecule has 3 aromatic heterocycles. The van der Waals surface area contributed by atoms with Gasteiger partial charge in [-0.2, -0.15) is 0 Å². The third-order valence-corrected chi connectivity index (χ3v) is 9.61. The molecule has 3 heterocycles. The van der Waals surface area contributed by atoms with E-state index < -0.39 is 36.3 Å². The summed E-state index contributed by atoms with van der Waals surface area (Å²) in [6.07, 6.45) is 0. The number of benzene rings is 7. The molecular weight excluding hydrogens is 565 g/mol. The lowest BCUT2D eigenvalue weighted by Gasteiger charge is -2.13. The molecule has 0 aliphatic carbocycles. The predicted molar refractivity (Wildman–Crippen MR) is 193 cm³/mol. The summed E-state index contributed by atoms with van der Waals surface area (Å²) in [5, 5.41) is 1.43. The van der Waals surface area contributed by atoms with Crippen molar-refractivity contribution in [1.29, 1.82) is 0 Å². The highest BCUT2D eigenvalue weighted by atomic mass is 32.1. The Hall–Kier alpha value is -5.64. The van der Waals surface area contributed by atoms with E-state index in [0.717, 1.165) is 22.5 Å². The van der Waals surface area contributed by atoms with Crippen LogP contribution in [-0.4, -0.2) is 9.13 Å². The monoisotopic (exact) mass is 602 g/mol. The summed E-state index contributed by atoms with van der Waals surface area (Å²) in [5.74, 6) is 0. The molecule has 3 heteroatoms. The number of rotatable bonds is 3. The van der Waals surface area contributed by atoms with Gasteiger partial charge in [0, 0.05) is 53.1 Å². The van der Waals surface area contributed by atoms with E-state index >= 15 is 0 Å². The summed E-state index contributed by atoms with van der Waals surface area (Å²) in [6, 6.07) is 21.6. The summed E-state index contributed by atoms with van der Waals surface area (Å²) in [5.41, 5.74) is 3.94. The van der Waals surface area contributed by atoms with Crippen molar-refractivity contribution in [3.8, 4) is 22.5 Å². The molecule has 0 saturated carbocycles. The average molecular weight is 603 g/mol. The molecule has 0 aliphatic rings. The van der Waals surface area contributed by atoms with Gasteiger partial charge in [0.15, 0.2) is 0 Å². The van der Waals surface area contributed by atoms with E-state index in [9.17, 15) is 6.85 Å². The lowest BCUT2D eigenvalue weighted by Crippen LogP contribution is -1.98. The van der Waals surface area contributed by atoms with Gasteiger partial charge in [0.25, 0.3) is 0 Å². The van der Waals surface area contributed by atoms with Crippen LogP contribution in [-0.2, 0) is 0 Å². The van der Waals surface area contributed by atoms with E-state index in [1.165, 1.54) is 0 Å². The standard InChI is InChI=1S/C42H26N2S/c1-3-13-27(14-4-1)28-23-25-30(26-24-28)44-34-20-10-7-17-31(34)37-38-33-19-9-12-22-36(33)45-42(38)39-32-18-8-11-21-35(32)43(41(39)40(37)44)29-15-5-2-6-16-29/h1-26H/i7D,8D,9D,10D,11D,12D,17D,18D,19D,20D,21D,22D. The third-order valence-electron chi connectivity index (χ3n) is 8.49. The van der Waals surface area contributed by atoms with Crippen molar-refractivity contribution in [1.82, 2.24) is 9.13 Å². The number of para-hydroxylation sites is 3. The van der Waals surface area contributed by atoms with Crippen LogP contribution in [0.25, 0.3) is 86.3 Å². The van der Waals surface area contributed by atoms with Crippen molar-refractivity contribution < 1.29 is 16.4 Å². The van der Waals surface area contributed by atoms with Gasteiger partial charge in [-0.1, -0.05) is 115 Å². The van der Waals surface area contributed by atoms with Gasteiger partial charge in [-0.05, 0) is 53.5 Å². The Morgan fingerprint density at radius 1 is 0.444 bits per heavy atom. The molecule has 0 radical (unpaired) electrons. The molecular formula is C42H26N2S. The quantitative estimate of drug-likeness (QED) is 0.190. The predicted octanol–water partition coefficient (Wildman–Crippen LogP) is 11.9. The van der Waals surface area contributed by atoms with Crippen LogP contribution in [0.1, 0.15) is 16.4 Å². The highest BCUT2D eigenvalue weighted by molar-refractivity contribution is 7.27. The number of hydrogen-bond acceptors (Lipinski definition) is 1. The van der Waals surface area contributed by atoms with E-state index in [1.54, 1.807) is 33.4 Å². The topological polar surface area (TPSA) is 9.86 Å². The number of nitrogens with zero attached hydrogens (tertiary/aromatic N) is 2. The van der Waals surface area contributed by atoms with Gasteiger partial charge in [-0.15, -0.1) is 11.3 Å². The molecule has 0 bridgehead atoms. The van der Waals surface area contributed by atoms with Crippen LogP contribution in [0.2, 0.25) is 0 Å². The van der Waals surface area contributed by atoms with E-state index in [4.69, 9.17) is 9.60 Å². The van der Waals surface area contributed by atoms with Gasteiger partial charge >= 0.3 is 0 Å². The fraction of sp³-hybridized carbons (Fsp3) is 0. The maximum absolute atomic E-state index is 9.43. The van der Waals surface area contributed by atoms with Crippen molar-refractivity contribution in [2.24, 2.45) is 0 Å². The van der Waals surface area contributed by atoms with Crippen LogP contribution < -0.4 is 0 Å². The van der Waals surface area contributed by atoms with Gasteiger partial charge < -0.3 is 9.13 Å². The fourth-order valence-electron chi connectivity index (χ4n) is 6.67. The number of aromatic nitrogens is 2. The first-order valence-corrected chi connectivity index (χ1v) is 15.2. The Kier molecular flexibility index (Phi) is 3.33. The first-order valence-electron chi connectivity index (χ1n) is 20.4. The third kappa shape index (κ3) is 3.44. The second kappa shape index (κ2) is 9.43. The van der Waals surface area contributed by atoms with Crippen molar-refractivity contribution in [3.05, 3.63) is 157 Å². The zero-order chi connectivity index (χ0) is 39.9. The Labute approximate surface area is 280 Å². The van der Waals surface area contributed by atoms with Crippen LogP contribution in [0.4, 0.5) is 0 Å². The maximum atomic E-state index is 9.43. The SMILES string of the molecule is [2H]c1c([2H])c([2H])c2c(sc3c2c2c4c([2H])c([2H])c([2H])c([2H])c4n(-c4ccc(-c5ccccc5)cc4)c2c2c3c3c([2H])c([2H])c([2H])c([2H])c3n2-c2ccccc2)c1[2H]. The fourth-order valence-corrected chi connectivity index (χ4v) is 7.84. The minimum absolute atomic E-state index is 0.127. The Bertz CT molecular complexity index is 3410. The summed E-state index contributed by atoms with van der Waals surface area (Å²) >= 11 is 1.07. The van der Waals surface area contributed by atoms with Crippen molar-refractivity contribution in [3.63, 3.8) is 0 Å². The number of thiophene rings is 1. The molecule has 0 spiro atoms. The molecule has 210 valence electrons. The molecule has 0 aliphatic heterocycles. The zero-order valence-corrected chi connectivity index (χ0v) is 24.2. The zero-order valence-electron chi connectivity index (χ0n) is 35.4. The molecule has 2 nitrogen and oxygen atoms in total. The van der Waals surface area contributed by atoms with E-state index in [-0.39, 0.29) is 68.1 Å². The Morgan fingerprint density at radius 3 is 1.64 bits per heavy atom. The molecule has 45 heavy (non-hydrogen) atoms. The highest BCUT2D eigenvalue weighted by Crippen LogP contribution is 2.51. The highest BCUT2D eigenvalue weighted by Gasteiger charge is 2.26. The smallest absolute Gasteiger partial charge is 0.0803 e. The Morgan fingerprint density at radius 2 is 0.956 bits per heavy atom. The molecule has 0 amide bonds. The van der Waals surface area contributed by atoms with E-state index in [1.807, 2.05) is 60.7 Å². The molecule has 10 aromatic rings. The first-order chi connectivity index (χ1) is 27.3. The minimum atomic E-state index is -0.483. The van der Waals surface area contributed by atoms with Gasteiger partial charge in [0.05, 0.1) is 38.5 Å². The number of hydrogen-bond donors (Lipinski definition) is 0. The normalized spacial score (nSPS) is 15.7. The lowest BCUT2D eigenvalue weighted by atomic mass is 10.0. The summed E-state index contributed by atoms with van der Waals surface area (Å²) in [6.45, 7) is 0. The van der Waals surface area contributed by atoms with Crippen molar-refractivity contribution >= 4 is 75.1 Å². The summed E-state index contributed by atoms with van der Waals surface area (Å²) < 4.78 is 112. The van der Waals surface area contributed by atoms with Crippen molar-refractivity contribution in [2.45, 2.75) is 0 Å². The van der Waals surface area contributed by atoms with E-state index in [2.05, 4.69) is 0 Å². The minimum Gasteiger partial charge on any atom is -0.307 e. The lowest BCUT2D eigenvalue weighted by molar-refractivity contribution is 1.15. The second-order valence-electron chi connectivity index (χ2n) is 10.8. The van der Waals surface area contributed by atoms with Crippen LogP contribution in [0, 0.1) is 0 Å². The van der Waals surface area contributed by atoms with Crippen LogP contribution >= 0.6 is 11.3 Å². The molecule has 7 aromatic carbocycles. The molecule has 0 N–H and O–H groups in total. The van der Waals surface area contributed by atoms with Crippen LogP contribution in [0.15, 0.2) is 157 Å². The van der Waals surface area contributed by atoms with Crippen LogP contribution in [0.3, 0.4) is 0 Å².